The van der Waals surface area contributed by atoms with E-state index in [4.69, 9.17) is 0 Å². The molecule has 1 aliphatic heterocycles. The maximum absolute atomic E-state index is 13.9. The Morgan fingerprint density at radius 3 is 2.63 bits per heavy atom. The molecule has 30 heavy (non-hydrogen) atoms. The molecular weight excluding hydrogens is 381 g/mol. The van der Waals surface area contributed by atoms with E-state index in [1.54, 1.807) is 18.2 Å². The number of benzene rings is 2. The Kier molecular flexibility index (Phi) is 6.21. The molecular formula is C23H26FN5O. The van der Waals surface area contributed by atoms with Crippen molar-refractivity contribution in [3.63, 3.8) is 0 Å². The molecule has 0 unspecified atom stereocenters. The number of likely N-dealkylation sites (N-methyl/N-ethyl adjacent to an activating group) is 1. The van der Waals surface area contributed by atoms with Crippen LogP contribution in [-0.4, -0.2) is 58.7 Å². The van der Waals surface area contributed by atoms with Gasteiger partial charge in [0.05, 0.1) is 11.8 Å². The van der Waals surface area contributed by atoms with Crippen LogP contribution in [0, 0.1) is 5.82 Å². The number of nitrogens with one attached hydrogen (secondary N) is 1. The molecule has 0 spiro atoms. The van der Waals surface area contributed by atoms with E-state index >= 15 is 0 Å². The van der Waals surface area contributed by atoms with Crippen LogP contribution in [0.2, 0.25) is 0 Å². The van der Waals surface area contributed by atoms with Crippen molar-refractivity contribution in [3.05, 3.63) is 83.4 Å². The summed E-state index contributed by atoms with van der Waals surface area (Å²) in [5.74, 6) is -0.619. The number of rotatable bonds is 6. The molecule has 7 heteroatoms. The number of nitrogens with zero attached hydrogens (tertiary/aromatic N) is 4. The summed E-state index contributed by atoms with van der Waals surface area (Å²) in [4.78, 5) is 17.3. The molecule has 2 heterocycles. The van der Waals surface area contributed by atoms with Gasteiger partial charge >= 0.3 is 0 Å². The highest BCUT2D eigenvalue weighted by molar-refractivity contribution is 5.93. The lowest BCUT2D eigenvalue weighted by Crippen LogP contribution is -2.43. The maximum atomic E-state index is 13.9. The molecule has 1 fully saturated rings. The zero-order chi connectivity index (χ0) is 20.9. The molecule has 4 rings (SSSR count). The summed E-state index contributed by atoms with van der Waals surface area (Å²) in [6.45, 7) is 5.69. The molecule has 2 aromatic carbocycles. The van der Waals surface area contributed by atoms with Crippen molar-refractivity contribution in [1.82, 2.24) is 24.9 Å². The normalized spacial score (nSPS) is 15.3. The van der Waals surface area contributed by atoms with Crippen LogP contribution in [0.3, 0.4) is 0 Å². The van der Waals surface area contributed by atoms with Gasteiger partial charge in [-0.1, -0.05) is 36.4 Å². The van der Waals surface area contributed by atoms with Gasteiger partial charge < -0.3 is 10.2 Å². The minimum Gasteiger partial charge on any atom is -0.348 e. The molecule has 1 saturated heterocycles. The number of aromatic nitrogens is 2. The first kappa shape index (κ1) is 20.3. The Morgan fingerprint density at radius 2 is 1.83 bits per heavy atom. The Morgan fingerprint density at radius 1 is 1.07 bits per heavy atom. The minimum absolute atomic E-state index is 0.234. The van der Waals surface area contributed by atoms with Gasteiger partial charge in [0.2, 0.25) is 0 Å². The number of para-hydroxylation sites is 1. The van der Waals surface area contributed by atoms with Crippen molar-refractivity contribution >= 4 is 5.91 Å². The Bertz CT molecular complexity index is 1010. The van der Waals surface area contributed by atoms with Crippen molar-refractivity contribution in [3.8, 4) is 5.69 Å². The van der Waals surface area contributed by atoms with Gasteiger partial charge in [-0.2, -0.15) is 5.10 Å². The second-order valence-electron chi connectivity index (χ2n) is 7.71. The molecule has 1 amide bonds. The SMILES string of the molecule is CN1CCN(Cc2cccc(CNC(=O)c3cnn(-c4ccccc4F)c3)c2)CC1. The third-order valence-corrected chi connectivity index (χ3v) is 5.39. The Labute approximate surface area is 175 Å². The number of amides is 1. The lowest BCUT2D eigenvalue weighted by Gasteiger charge is -2.32. The van der Waals surface area contributed by atoms with Crippen LogP contribution in [-0.2, 0) is 13.1 Å². The van der Waals surface area contributed by atoms with Crippen LogP contribution in [0.25, 0.3) is 5.69 Å². The van der Waals surface area contributed by atoms with Crippen LogP contribution in [0.5, 0.6) is 0 Å². The van der Waals surface area contributed by atoms with Crippen molar-refractivity contribution in [2.75, 3.05) is 33.2 Å². The van der Waals surface area contributed by atoms with Crippen LogP contribution in [0.4, 0.5) is 4.39 Å². The summed E-state index contributed by atoms with van der Waals surface area (Å²) >= 11 is 0. The molecule has 6 nitrogen and oxygen atoms in total. The van der Waals surface area contributed by atoms with E-state index in [1.165, 1.54) is 28.7 Å². The number of carbonyl (C=O) groups is 1. The van der Waals surface area contributed by atoms with Gasteiger partial charge in [0.25, 0.3) is 5.91 Å². The predicted molar refractivity (Wildman–Crippen MR) is 114 cm³/mol. The third kappa shape index (κ3) is 4.93. The smallest absolute Gasteiger partial charge is 0.254 e. The zero-order valence-corrected chi connectivity index (χ0v) is 17.1. The second-order valence-corrected chi connectivity index (χ2v) is 7.71. The zero-order valence-electron chi connectivity index (χ0n) is 17.1. The van der Waals surface area contributed by atoms with Crippen molar-refractivity contribution in [1.29, 1.82) is 0 Å². The summed E-state index contributed by atoms with van der Waals surface area (Å²) in [5, 5.41) is 7.04. The fourth-order valence-electron chi connectivity index (χ4n) is 3.60. The molecule has 1 N–H and O–H groups in total. The van der Waals surface area contributed by atoms with E-state index in [9.17, 15) is 9.18 Å². The molecule has 0 aliphatic carbocycles. The van der Waals surface area contributed by atoms with Gasteiger partial charge in [-0.25, -0.2) is 9.07 Å². The molecule has 156 valence electrons. The lowest BCUT2D eigenvalue weighted by atomic mass is 10.1. The van der Waals surface area contributed by atoms with Gasteiger partial charge in [0.1, 0.15) is 11.5 Å². The summed E-state index contributed by atoms with van der Waals surface area (Å²) in [6, 6.07) is 14.6. The van der Waals surface area contributed by atoms with Gasteiger partial charge in [-0.15, -0.1) is 0 Å². The quantitative estimate of drug-likeness (QED) is 0.683. The van der Waals surface area contributed by atoms with E-state index in [1.807, 2.05) is 12.1 Å². The Balaban J connectivity index is 1.35. The first-order chi connectivity index (χ1) is 14.6. The van der Waals surface area contributed by atoms with Crippen LogP contribution in [0.1, 0.15) is 21.5 Å². The number of piperazine rings is 1. The van der Waals surface area contributed by atoms with E-state index in [-0.39, 0.29) is 11.7 Å². The van der Waals surface area contributed by atoms with Crippen LogP contribution < -0.4 is 5.32 Å². The van der Waals surface area contributed by atoms with Crippen molar-refractivity contribution in [2.24, 2.45) is 0 Å². The largest absolute Gasteiger partial charge is 0.348 e. The first-order valence-electron chi connectivity index (χ1n) is 10.1. The van der Waals surface area contributed by atoms with E-state index in [0.717, 1.165) is 38.3 Å². The highest BCUT2D eigenvalue weighted by Gasteiger charge is 2.14. The second kappa shape index (κ2) is 9.19. The van der Waals surface area contributed by atoms with Gasteiger partial charge in [0.15, 0.2) is 0 Å². The van der Waals surface area contributed by atoms with Crippen molar-refractivity contribution < 1.29 is 9.18 Å². The minimum atomic E-state index is -0.385. The van der Waals surface area contributed by atoms with Gasteiger partial charge in [-0.3, -0.25) is 9.69 Å². The average molecular weight is 407 g/mol. The van der Waals surface area contributed by atoms with Gasteiger partial charge in [-0.05, 0) is 30.3 Å². The summed E-state index contributed by atoms with van der Waals surface area (Å²) in [5.41, 5.74) is 3.01. The highest BCUT2D eigenvalue weighted by Crippen LogP contribution is 2.13. The first-order valence-corrected chi connectivity index (χ1v) is 10.1. The van der Waals surface area contributed by atoms with Crippen LogP contribution in [0.15, 0.2) is 60.9 Å². The van der Waals surface area contributed by atoms with E-state index in [2.05, 4.69) is 39.4 Å². The average Bonchev–Trinajstić information content (AvgIpc) is 3.24. The molecule has 0 radical (unpaired) electrons. The number of carbonyl (C=O) groups excluding carboxylic acids is 1. The fourth-order valence-corrected chi connectivity index (χ4v) is 3.60. The fraction of sp³-hybridized carbons (Fsp3) is 0.304. The lowest BCUT2D eigenvalue weighted by molar-refractivity contribution is 0.0951. The highest BCUT2D eigenvalue weighted by atomic mass is 19.1. The molecule has 0 saturated carbocycles. The van der Waals surface area contributed by atoms with Crippen molar-refractivity contribution in [2.45, 2.75) is 13.1 Å². The third-order valence-electron chi connectivity index (χ3n) is 5.39. The van der Waals surface area contributed by atoms with E-state index < -0.39 is 0 Å². The summed E-state index contributed by atoms with van der Waals surface area (Å²) in [6.07, 6.45) is 2.99. The molecule has 0 bridgehead atoms. The molecule has 1 aliphatic rings. The summed E-state index contributed by atoms with van der Waals surface area (Å²) < 4.78 is 15.3. The number of hydrogen-bond acceptors (Lipinski definition) is 4. The number of hydrogen-bond donors (Lipinski definition) is 1. The molecule has 3 aromatic rings. The monoisotopic (exact) mass is 407 g/mol. The molecule has 0 atom stereocenters. The number of halogens is 1. The summed E-state index contributed by atoms with van der Waals surface area (Å²) in [7, 11) is 2.15. The van der Waals surface area contributed by atoms with Crippen LogP contribution >= 0.6 is 0 Å². The molecule has 1 aromatic heterocycles. The topological polar surface area (TPSA) is 53.4 Å². The maximum Gasteiger partial charge on any atom is 0.254 e. The Hall–Kier alpha value is -3.03. The standard InChI is InChI=1S/C23H26FN5O/c1-27-9-11-28(12-10-27)16-19-6-4-5-18(13-19)14-25-23(30)20-15-26-29(17-20)22-8-3-2-7-21(22)24/h2-8,13,15,17H,9-12,14,16H2,1H3,(H,25,30). The predicted octanol–water partition coefficient (Wildman–Crippen LogP) is 2.69. The van der Waals surface area contributed by atoms with E-state index in [0.29, 0.717) is 17.8 Å². The van der Waals surface area contributed by atoms with Gasteiger partial charge in [0, 0.05) is 45.5 Å².